The van der Waals surface area contributed by atoms with Crippen LogP contribution in [0.4, 0.5) is 0 Å². The molecule has 0 amide bonds. The van der Waals surface area contributed by atoms with Gasteiger partial charge in [0, 0.05) is 28.6 Å². The SMILES string of the molecule is [2H]c1c([2H])c([2H])c(C(C#N)N2CCc3sccc3C2)c(Cl)c1[2H]. The lowest BCUT2D eigenvalue weighted by Crippen LogP contribution is -2.33. The second-order valence-corrected chi connectivity index (χ2v) is 5.73. The van der Waals surface area contributed by atoms with E-state index in [9.17, 15) is 5.26 Å². The number of benzene rings is 1. The van der Waals surface area contributed by atoms with Crippen LogP contribution < -0.4 is 0 Å². The van der Waals surface area contributed by atoms with Crippen LogP contribution in [0.25, 0.3) is 0 Å². The van der Waals surface area contributed by atoms with Gasteiger partial charge in [-0.1, -0.05) is 29.7 Å². The summed E-state index contributed by atoms with van der Waals surface area (Å²) in [6.07, 6.45) is 0.828. The summed E-state index contributed by atoms with van der Waals surface area (Å²) in [7, 11) is 0. The van der Waals surface area contributed by atoms with Gasteiger partial charge in [0.05, 0.1) is 11.6 Å². The van der Waals surface area contributed by atoms with Crippen LogP contribution in [-0.2, 0) is 13.0 Å². The largest absolute Gasteiger partial charge is 0.280 e. The van der Waals surface area contributed by atoms with Crippen LogP contribution in [0.2, 0.25) is 5.02 Å². The van der Waals surface area contributed by atoms with Gasteiger partial charge in [0.15, 0.2) is 0 Å². The molecule has 19 heavy (non-hydrogen) atoms. The van der Waals surface area contributed by atoms with Crippen molar-refractivity contribution >= 4 is 22.9 Å². The highest BCUT2D eigenvalue weighted by Gasteiger charge is 2.26. The minimum absolute atomic E-state index is 0.0707. The van der Waals surface area contributed by atoms with E-state index in [1.54, 1.807) is 11.3 Å². The van der Waals surface area contributed by atoms with E-state index in [-0.39, 0.29) is 34.8 Å². The van der Waals surface area contributed by atoms with Gasteiger partial charge in [-0.3, -0.25) is 4.90 Å². The van der Waals surface area contributed by atoms with Gasteiger partial charge in [0.2, 0.25) is 0 Å². The number of hydrogen-bond acceptors (Lipinski definition) is 3. The zero-order valence-electron chi connectivity index (χ0n) is 14.0. The summed E-state index contributed by atoms with van der Waals surface area (Å²) in [4.78, 5) is 3.22. The Labute approximate surface area is 127 Å². The molecule has 0 fully saturated rings. The molecule has 96 valence electrons. The number of hydrogen-bond donors (Lipinski definition) is 0. The molecular weight excluding hydrogens is 276 g/mol. The van der Waals surface area contributed by atoms with Crippen molar-refractivity contribution in [2.75, 3.05) is 6.54 Å². The average Bonchev–Trinajstić information content (AvgIpc) is 3.02. The summed E-state index contributed by atoms with van der Waals surface area (Å²) in [6, 6.07) is 2.13. The van der Waals surface area contributed by atoms with Crippen LogP contribution in [0.15, 0.2) is 35.6 Å². The second kappa shape index (κ2) is 5.34. The van der Waals surface area contributed by atoms with Crippen molar-refractivity contribution in [2.24, 2.45) is 0 Å². The first-order chi connectivity index (χ1) is 11.0. The van der Waals surface area contributed by atoms with E-state index in [2.05, 4.69) is 6.07 Å². The number of fused-ring (bicyclic) bond motifs is 1. The fourth-order valence-electron chi connectivity index (χ4n) is 2.31. The van der Waals surface area contributed by atoms with Gasteiger partial charge in [0.1, 0.15) is 6.04 Å². The molecule has 0 radical (unpaired) electrons. The zero-order chi connectivity index (χ0) is 16.7. The summed E-state index contributed by atoms with van der Waals surface area (Å²) in [6.45, 7) is 1.24. The summed E-state index contributed by atoms with van der Waals surface area (Å²) >= 11 is 7.86. The molecule has 0 N–H and O–H groups in total. The molecule has 1 aromatic carbocycles. The fourth-order valence-corrected chi connectivity index (χ4v) is 3.40. The third kappa shape index (κ3) is 2.40. The molecule has 1 aliphatic heterocycles. The monoisotopic (exact) mass is 292 g/mol. The third-order valence-corrected chi connectivity index (χ3v) is 4.59. The van der Waals surface area contributed by atoms with Crippen molar-refractivity contribution in [1.82, 2.24) is 4.90 Å². The molecule has 0 aliphatic carbocycles. The van der Waals surface area contributed by atoms with E-state index < -0.39 is 6.04 Å². The quantitative estimate of drug-likeness (QED) is 0.836. The number of thiophene rings is 1. The van der Waals surface area contributed by atoms with Gasteiger partial charge in [-0.15, -0.1) is 11.3 Å². The summed E-state index contributed by atoms with van der Waals surface area (Å²) in [5.41, 5.74) is 1.33. The maximum absolute atomic E-state index is 9.63. The van der Waals surface area contributed by atoms with Crippen molar-refractivity contribution < 1.29 is 5.48 Å². The maximum atomic E-state index is 9.63. The Hall–Kier alpha value is -1.34. The minimum Gasteiger partial charge on any atom is -0.280 e. The Bertz CT molecular complexity index is 786. The molecule has 0 saturated carbocycles. The van der Waals surface area contributed by atoms with Crippen molar-refractivity contribution in [1.29, 1.82) is 5.26 Å². The van der Waals surface area contributed by atoms with E-state index in [4.69, 9.17) is 17.1 Å². The lowest BCUT2D eigenvalue weighted by Gasteiger charge is -2.31. The van der Waals surface area contributed by atoms with Gasteiger partial charge in [-0.2, -0.15) is 5.26 Å². The van der Waals surface area contributed by atoms with Crippen LogP contribution in [0, 0.1) is 11.3 Å². The molecule has 1 aliphatic rings. The van der Waals surface area contributed by atoms with E-state index in [1.807, 2.05) is 16.3 Å². The smallest absolute Gasteiger partial charge is 0.125 e. The highest BCUT2D eigenvalue weighted by molar-refractivity contribution is 7.10. The predicted octanol–water partition coefficient (Wildman–Crippen LogP) is 4.02. The molecular formula is C15H13ClN2S. The highest BCUT2D eigenvalue weighted by Crippen LogP contribution is 2.32. The maximum Gasteiger partial charge on any atom is 0.125 e. The molecule has 2 heterocycles. The van der Waals surface area contributed by atoms with Gasteiger partial charge >= 0.3 is 0 Å². The third-order valence-electron chi connectivity index (χ3n) is 3.27. The molecule has 1 atom stereocenters. The fraction of sp³-hybridized carbons (Fsp3) is 0.267. The normalized spacial score (nSPS) is 19.6. The van der Waals surface area contributed by atoms with E-state index >= 15 is 0 Å². The van der Waals surface area contributed by atoms with Crippen molar-refractivity contribution in [2.45, 2.75) is 19.0 Å². The number of nitriles is 1. The van der Waals surface area contributed by atoms with Gasteiger partial charge in [-0.25, -0.2) is 0 Å². The van der Waals surface area contributed by atoms with Crippen LogP contribution in [0.5, 0.6) is 0 Å². The molecule has 1 unspecified atom stereocenters. The summed E-state index contributed by atoms with van der Waals surface area (Å²) < 4.78 is 31.4. The van der Waals surface area contributed by atoms with E-state index in [0.717, 1.165) is 6.42 Å². The molecule has 0 spiro atoms. The number of rotatable bonds is 2. The Balaban J connectivity index is 2.05. The van der Waals surface area contributed by atoms with Gasteiger partial charge < -0.3 is 0 Å². The first-order valence-corrected chi connectivity index (χ1v) is 7.16. The Morgan fingerprint density at radius 1 is 1.47 bits per heavy atom. The molecule has 1 aromatic heterocycles. The van der Waals surface area contributed by atoms with Crippen LogP contribution in [0.3, 0.4) is 0 Å². The standard InChI is InChI=1S/C15H13ClN2S/c16-13-4-2-1-3-12(13)14(9-17)18-7-5-15-11(10-18)6-8-19-15/h1-4,6,8,14H,5,7,10H2/i1D,2D,3D,4D. The Kier molecular flexibility index (Phi) is 2.46. The van der Waals surface area contributed by atoms with Crippen LogP contribution >= 0.6 is 22.9 Å². The summed E-state index contributed by atoms with van der Waals surface area (Å²) in [5, 5.41) is 11.6. The molecule has 2 nitrogen and oxygen atoms in total. The molecule has 3 rings (SSSR count). The highest BCUT2D eigenvalue weighted by atomic mass is 35.5. The van der Waals surface area contributed by atoms with E-state index in [1.165, 1.54) is 10.4 Å². The molecule has 4 heteroatoms. The zero-order valence-corrected chi connectivity index (χ0v) is 11.6. The first-order valence-electron chi connectivity index (χ1n) is 7.90. The van der Waals surface area contributed by atoms with E-state index in [0.29, 0.717) is 13.1 Å². The van der Waals surface area contributed by atoms with Gasteiger partial charge in [0.25, 0.3) is 0 Å². The van der Waals surface area contributed by atoms with Crippen molar-refractivity contribution in [3.05, 3.63) is 56.6 Å². The average molecular weight is 293 g/mol. The van der Waals surface area contributed by atoms with Crippen LogP contribution in [0.1, 0.15) is 27.5 Å². The predicted molar refractivity (Wildman–Crippen MR) is 78.2 cm³/mol. The topological polar surface area (TPSA) is 27.0 Å². The Morgan fingerprint density at radius 3 is 3.16 bits per heavy atom. The van der Waals surface area contributed by atoms with Crippen molar-refractivity contribution in [3.63, 3.8) is 0 Å². The minimum atomic E-state index is -0.795. The van der Waals surface area contributed by atoms with Crippen LogP contribution in [-0.4, -0.2) is 11.4 Å². The second-order valence-electron chi connectivity index (χ2n) is 4.35. The van der Waals surface area contributed by atoms with Gasteiger partial charge in [-0.05, 0) is 29.5 Å². The van der Waals surface area contributed by atoms with Crippen molar-refractivity contribution in [3.8, 4) is 6.07 Å². The molecule has 0 bridgehead atoms. The number of nitrogens with zero attached hydrogens (tertiary/aromatic N) is 2. The Morgan fingerprint density at radius 2 is 2.32 bits per heavy atom. The lowest BCUT2D eigenvalue weighted by molar-refractivity contribution is 0.218. The first kappa shape index (κ1) is 8.76. The molecule has 2 aromatic rings. The molecule has 0 saturated heterocycles. The summed E-state index contributed by atoms with van der Waals surface area (Å²) in [5.74, 6) is 0. The lowest BCUT2D eigenvalue weighted by atomic mass is 10.0. The number of halogens is 1.